The van der Waals surface area contributed by atoms with E-state index in [2.05, 4.69) is 19.8 Å². The highest BCUT2D eigenvalue weighted by Crippen LogP contribution is 2.11. The van der Waals surface area contributed by atoms with Crippen molar-refractivity contribution >= 4 is 10.0 Å². The normalized spacial score (nSPS) is 11.6. The van der Waals surface area contributed by atoms with E-state index in [0.29, 0.717) is 11.5 Å². The Morgan fingerprint density at radius 3 is 2.88 bits per heavy atom. The average molecular weight is 254 g/mol. The lowest BCUT2D eigenvalue weighted by atomic mass is 10.3. The third kappa shape index (κ3) is 3.33. The molecule has 8 heteroatoms. The lowest BCUT2D eigenvalue weighted by Gasteiger charge is -1.95. The molecule has 0 atom stereocenters. The number of nitrogens with one attached hydrogen (secondary N) is 1. The van der Waals surface area contributed by atoms with E-state index in [0.717, 1.165) is 6.26 Å². The fourth-order valence-corrected chi connectivity index (χ4v) is 1.50. The standard InChI is InChI=1S/C9H10N4O3S/c1-17(14,15)11-6-8-12-9(13-16-8)7-4-2-3-5-10-7/h2-5,11H,6H2,1H3. The Balaban J connectivity index is 2.12. The Morgan fingerprint density at radius 1 is 1.41 bits per heavy atom. The van der Waals surface area contributed by atoms with Gasteiger partial charge in [0, 0.05) is 6.20 Å². The van der Waals surface area contributed by atoms with Gasteiger partial charge in [-0.15, -0.1) is 0 Å². The Morgan fingerprint density at radius 2 is 2.24 bits per heavy atom. The maximum Gasteiger partial charge on any atom is 0.242 e. The van der Waals surface area contributed by atoms with Gasteiger partial charge in [-0.1, -0.05) is 11.2 Å². The predicted octanol–water partition coefficient (Wildman–Crippen LogP) is 0.181. The van der Waals surface area contributed by atoms with Gasteiger partial charge in [0.1, 0.15) is 5.69 Å². The summed E-state index contributed by atoms with van der Waals surface area (Å²) in [5.74, 6) is 0.520. The molecular weight excluding hydrogens is 244 g/mol. The molecule has 0 aliphatic rings. The summed E-state index contributed by atoms with van der Waals surface area (Å²) in [4.78, 5) is 8.06. The summed E-state index contributed by atoms with van der Waals surface area (Å²) < 4.78 is 28.9. The van der Waals surface area contributed by atoms with Crippen molar-refractivity contribution in [3.05, 3.63) is 30.3 Å². The van der Waals surface area contributed by atoms with Crippen molar-refractivity contribution in [3.63, 3.8) is 0 Å². The number of hydrogen-bond donors (Lipinski definition) is 1. The van der Waals surface area contributed by atoms with Crippen molar-refractivity contribution in [2.75, 3.05) is 6.26 Å². The quantitative estimate of drug-likeness (QED) is 0.835. The zero-order valence-corrected chi connectivity index (χ0v) is 9.81. The van der Waals surface area contributed by atoms with Crippen LogP contribution < -0.4 is 4.72 Å². The zero-order valence-electron chi connectivity index (χ0n) is 8.99. The molecule has 0 saturated heterocycles. The topological polar surface area (TPSA) is 98.0 Å². The number of sulfonamides is 1. The van der Waals surface area contributed by atoms with Gasteiger partial charge in [-0.3, -0.25) is 4.98 Å². The third-order valence-corrected chi connectivity index (χ3v) is 2.52. The summed E-state index contributed by atoms with van der Waals surface area (Å²) in [7, 11) is -3.27. The SMILES string of the molecule is CS(=O)(=O)NCc1nc(-c2ccccn2)no1. The smallest absolute Gasteiger partial charge is 0.242 e. The molecule has 0 amide bonds. The van der Waals surface area contributed by atoms with Gasteiger partial charge in [0.25, 0.3) is 0 Å². The first kappa shape index (κ1) is 11.7. The Labute approximate surface area is 97.9 Å². The Kier molecular flexibility index (Phi) is 3.16. The van der Waals surface area contributed by atoms with Crippen LogP contribution in [0.25, 0.3) is 11.5 Å². The zero-order chi connectivity index (χ0) is 12.3. The highest BCUT2D eigenvalue weighted by molar-refractivity contribution is 7.88. The molecule has 2 aromatic heterocycles. The molecule has 17 heavy (non-hydrogen) atoms. The van der Waals surface area contributed by atoms with Crippen LogP contribution in [0.2, 0.25) is 0 Å². The van der Waals surface area contributed by atoms with Gasteiger partial charge in [-0.2, -0.15) is 4.98 Å². The van der Waals surface area contributed by atoms with Gasteiger partial charge in [0.15, 0.2) is 0 Å². The van der Waals surface area contributed by atoms with Crippen molar-refractivity contribution in [1.29, 1.82) is 0 Å². The van der Waals surface area contributed by atoms with Crippen LogP contribution in [0.1, 0.15) is 5.89 Å². The minimum absolute atomic E-state index is 0.0291. The molecule has 0 aliphatic heterocycles. The van der Waals surface area contributed by atoms with E-state index in [9.17, 15) is 8.42 Å². The highest BCUT2D eigenvalue weighted by atomic mass is 32.2. The van der Waals surface area contributed by atoms with Crippen molar-refractivity contribution in [1.82, 2.24) is 19.8 Å². The molecule has 0 fully saturated rings. The summed E-state index contributed by atoms with van der Waals surface area (Å²) >= 11 is 0. The second kappa shape index (κ2) is 4.60. The molecule has 1 N–H and O–H groups in total. The number of rotatable bonds is 4. The average Bonchev–Trinajstić information content (AvgIpc) is 2.75. The minimum atomic E-state index is -3.27. The largest absolute Gasteiger partial charge is 0.337 e. The molecule has 7 nitrogen and oxygen atoms in total. The van der Waals surface area contributed by atoms with E-state index in [1.165, 1.54) is 0 Å². The van der Waals surface area contributed by atoms with Crippen LogP contribution >= 0.6 is 0 Å². The van der Waals surface area contributed by atoms with Crippen LogP contribution in [0.3, 0.4) is 0 Å². The van der Waals surface area contributed by atoms with Crippen molar-refractivity contribution in [3.8, 4) is 11.5 Å². The van der Waals surface area contributed by atoms with Crippen LogP contribution in [0.4, 0.5) is 0 Å². The molecule has 0 saturated carbocycles. The first-order valence-corrected chi connectivity index (χ1v) is 6.62. The first-order chi connectivity index (χ1) is 8.04. The van der Waals surface area contributed by atoms with Crippen LogP contribution in [-0.4, -0.2) is 29.8 Å². The number of hydrogen-bond acceptors (Lipinski definition) is 6. The number of aromatic nitrogens is 3. The summed E-state index contributed by atoms with van der Waals surface area (Å²) in [5, 5.41) is 3.70. The van der Waals surface area contributed by atoms with E-state index >= 15 is 0 Å². The Hall–Kier alpha value is -1.80. The van der Waals surface area contributed by atoms with Crippen molar-refractivity contribution < 1.29 is 12.9 Å². The summed E-state index contributed by atoms with van der Waals surface area (Å²) in [6, 6.07) is 5.31. The van der Waals surface area contributed by atoms with Crippen LogP contribution in [-0.2, 0) is 16.6 Å². The van der Waals surface area contributed by atoms with E-state index in [4.69, 9.17) is 4.52 Å². The maximum absolute atomic E-state index is 10.9. The van der Waals surface area contributed by atoms with E-state index in [-0.39, 0.29) is 12.4 Å². The number of pyridine rings is 1. The van der Waals surface area contributed by atoms with Gasteiger partial charge in [-0.25, -0.2) is 13.1 Å². The van der Waals surface area contributed by atoms with E-state index in [1.54, 1.807) is 24.4 Å². The van der Waals surface area contributed by atoms with Gasteiger partial charge in [0.05, 0.1) is 12.8 Å². The monoisotopic (exact) mass is 254 g/mol. The predicted molar refractivity (Wildman–Crippen MR) is 59.2 cm³/mol. The molecule has 0 aliphatic carbocycles. The minimum Gasteiger partial charge on any atom is -0.337 e. The highest BCUT2D eigenvalue weighted by Gasteiger charge is 2.10. The molecular formula is C9H10N4O3S. The molecule has 0 unspecified atom stereocenters. The molecule has 2 rings (SSSR count). The summed E-state index contributed by atoms with van der Waals surface area (Å²) in [5.41, 5.74) is 0.571. The fraction of sp³-hybridized carbons (Fsp3) is 0.222. The third-order valence-electron chi connectivity index (χ3n) is 1.85. The Bertz CT molecular complexity index is 594. The number of nitrogens with zero attached hydrogens (tertiary/aromatic N) is 3. The molecule has 2 heterocycles. The maximum atomic E-state index is 10.9. The van der Waals surface area contributed by atoms with E-state index in [1.807, 2.05) is 0 Å². The molecule has 0 spiro atoms. The first-order valence-electron chi connectivity index (χ1n) is 4.73. The lowest BCUT2D eigenvalue weighted by Crippen LogP contribution is -2.21. The van der Waals surface area contributed by atoms with Crippen LogP contribution in [0.5, 0.6) is 0 Å². The molecule has 90 valence electrons. The second-order valence-electron chi connectivity index (χ2n) is 3.32. The van der Waals surface area contributed by atoms with Crippen LogP contribution in [0, 0.1) is 0 Å². The van der Waals surface area contributed by atoms with Gasteiger partial charge < -0.3 is 4.52 Å². The van der Waals surface area contributed by atoms with Crippen molar-refractivity contribution in [2.24, 2.45) is 0 Å². The van der Waals surface area contributed by atoms with E-state index < -0.39 is 10.0 Å². The van der Waals surface area contributed by atoms with Gasteiger partial charge in [0.2, 0.25) is 21.7 Å². The second-order valence-corrected chi connectivity index (χ2v) is 5.15. The molecule has 0 radical (unpaired) electrons. The van der Waals surface area contributed by atoms with Crippen LogP contribution in [0.15, 0.2) is 28.9 Å². The summed E-state index contributed by atoms with van der Waals surface area (Å²) in [6.45, 7) is -0.0291. The van der Waals surface area contributed by atoms with Gasteiger partial charge in [-0.05, 0) is 12.1 Å². The summed E-state index contributed by atoms with van der Waals surface area (Å²) in [6.07, 6.45) is 2.67. The van der Waals surface area contributed by atoms with Crippen molar-refractivity contribution in [2.45, 2.75) is 6.54 Å². The fourth-order valence-electron chi connectivity index (χ4n) is 1.12. The molecule has 2 aromatic rings. The van der Waals surface area contributed by atoms with Gasteiger partial charge >= 0.3 is 0 Å². The lowest BCUT2D eigenvalue weighted by molar-refractivity contribution is 0.376. The molecule has 0 aromatic carbocycles. The molecule has 0 bridgehead atoms.